The first-order valence-corrected chi connectivity index (χ1v) is 8.69. The van der Waals surface area contributed by atoms with E-state index in [0.29, 0.717) is 27.5 Å². The number of halogens is 1. The molecule has 0 spiro atoms. The Kier molecular flexibility index (Phi) is 5.86. The third-order valence-corrected chi connectivity index (χ3v) is 4.15. The highest BCUT2D eigenvalue weighted by Crippen LogP contribution is 2.25. The Bertz CT molecular complexity index is 1020. The molecule has 1 amide bonds. The average molecular weight is 397 g/mol. The molecule has 0 aliphatic rings. The molecule has 2 aromatic carbocycles. The van der Waals surface area contributed by atoms with Gasteiger partial charge in [0.25, 0.3) is 5.91 Å². The van der Waals surface area contributed by atoms with Gasteiger partial charge in [-0.2, -0.15) is 0 Å². The zero-order valence-corrected chi connectivity index (χ0v) is 15.9. The predicted molar refractivity (Wildman–Crippen MR) is 107 cm³/mol. The smallest absolute Gasteiger partial charge is 0.337 e. The largest absolute Gasteiger partial charge is 0.465 e. The minimum atomic E-state index is -0.483. The lowest BCUT2D eigenvalue weighted by Gasteiger charge is -2.09. The first-order valence-electron chi connectivity index (χ1n) is 8.31. The summed E-state index contributed by atoms with van der Waals surface area (Å²) in [5, 5.41) is 6.10. The van der Waals surface area contributed by atoms with Crippen molar-refractivity contribution in [1.29, 1.82) is 0 Å². The Morgan fingerprint density at radius 1 is 1.04 bits per heavy atom. The van der Waals surface area contributed by atoms with Gasteiger partial charge in [-0.15, -0.1) is 0 Å². The molecule has 0 aliphatic carbocycles. The second kappa shape index (κ2) is 8.49. The Labute approximate surface area is 166 Å². The van der Waals surface area contributed by atoms with Crippen molar-refractivity contribution in [2.75, 3.05) is 17.7 Å². The van der Waals surface area contributed by atoms with E-state index in [-0.39, 0.29) is 11.9 Å². The second-order valence-corrected chi connectivity index (χ2v) is 6.34. The van der Waals surface area contributed by atoms with E-state index in [1.54, 1.807) is 18.2 Å². The zero-order chi connectivity index (χ0) is 20.1. The number of anilines is 3. The summed E-state index contributed by atoms with van der Waals surface area (Å²) in [5.41, 5.74) is 2.82. The first-order chi connectivity index (χ1) is 13.5. The van der Waals surface area contributed by atoms with E-state index in [1.807, 2.05) is 25.1 Å². The summed E-state index contributed by atoms with van der Waals surface area (Å²) in [6, 6.07) is 12.1. The molecule has 28 heavy (non-hydrogen) atoms. The topological polar surface area (TPSA) is 93.2 Å². The highest BCUT2D eigenvalue weighted by molar-refractivity contribution is 6.33. The summed E-state index contributed by atoms with van der Waals surface area (Å²) >= 11 is 6.14. The van der Waals surface area contributed by atoms with E-state index in [2.05, 4.69) is 20.6 Å². The van der Waals surface area contributed by atoms with Crippen LogP contribution in [-0.2, 0) is 4.74 Å². The van der Waals surface area contributed by atoms with Crippen molar-refractivity contribution < 1.29 is 14.3 Å². The number of methoxy groups -OCH3 is 1. The monoisotopic (exact) mass is 396 g/mol. The number of nitrogens with one attached hydrogen (secondary N) is 2. The number of carbonyl (C=O) groups is 2. The van der Waals surface area contributed by atoms with Crippen LogP contribution in [0, 0.1) is 6.92 Å². The number of esters is 1. The van der Waals surface area contributed by atoms with Crippen LogP contribution in [0.4, 0.5) is 17.3 Å². The van der Waals surface area contributed by atoms with Gasteiger partial charge in [0.05, 0.1) is 28.9 Å². The van der Waals surface area contributed by atoms with Crippen molar-refractivity contribution in [2.24, 2.45) is 0 Å². The minimum Gasteiger partial charge on any atom is -0.465 e. The Hall–Kier alpha value is -3.45. The molecule has 0 unspecified atom stereocenters. The highest BCUT2D eigenvalue weighted by Gasteiger charge is 2.11. The molecule has 142 valence electrons. The molecule has 3 rings (SSSR count). The minimum absolute atomic E-state index is 0.232. The van der Waals surface area contributed by atoms with Gasteiger partial charge in [-0.05, 0) is 42.8 Å². The lowest BCUT2D eigenvalue weighted by Crippen LogP contribution is -2.13. The number of carbonyl (C=O) groups excluding carboxylic acids is 2. The summed E-state index contributed by atoms with van der Waals surface area (Å²) in [7, 11) is 1.30. The van der Waals surface area contributed by atoms with Gasteiger partial charge in [0.2, 0.25) is 5.95 Å². The number of ether oxygens (including phenoxy) is 1. The number of benzene rings is 2. The third kappa shape index (κ3) is 4.63. The van der Waals surface area contributed by atoms with Gasteiger partial charge in [0.1, 0.15) is 0 Å². The summed E-state index contributed by atoms with van der Waals surface area (Å²) < 4.78 is 4.69. The van der Waals surface area contributed by atoms with E-state index < -0.39 is 5.97 Å². The molecule has 0 radical (unpaired) electrons. The van der Waals surface area contributed by atoms with Crippen LogP contribution in [0.15, 0.2) is 54.9 Å². The standard InChI is InChI=1S/C20H17ClN4O3/c1-12-4-3-5-15(8-12)24-18(26)14-10-22-20(23-11-14)25-17-9-13(19(27)28-2)6-7-16(17)21/h3-11H,1-2H3,(H,24,26)(H,22,23,25). The molecular formula is C20H17ClN4O3. The van der Waals surface area contributed by atoms with Crippen LogP contribution in [0.3, 0.4) is 0 Å². The number of aromatic nitrogens is 2. The highest BCUT2D eigenvalue weighted by atomic mass is 35.5. The number of nitrogens with zero attached hydrogens (tertiary/aromatic N) is 2. The molecule has 8 heteroatoms. The van der Waals surface area contributed by atoms with Crippen molar-refractivity contribution in [3.05, 3.63) is 76.6 Å². The maximum Gasteiger partial charge on any atom is 0.337 e. The van der Waals surface area contributed by atoms with Crippen LogP contribution in [-0.4, -0.2) is 29.0 Å². The SMILES string of the molecule is COC(=O)c1ccc(Cl)c(Nc2ncc(C(=O)Nc3cccc(C)c3)cn2)c1. The molecule has 3 aromatic rings. The van der Waals surface area contributed by atoms with Crippen LogP contribution in [0.2, 0.25) is 5.02 Å². The van der Waals surface area contributed by atoms with Gasteiger partial charge < -0.3 is 15.4 Å². The molecule has 0 fully saturated rings. The van der Waals surface area contributed by atoms with Crippen LogP contribution in [0.5, 0.6) is 0 Å². The Morgan fingerprint density at radius 3 is 2.46 bits per heavy atom. The number of amides is 1. The molecule has 0 saturated heterocycles. The maximum atomic E-state index is 12.3. The number of hydrogen-bond acceptors (Lipinski definition) is 6. The van der Waals surface area contributed by atoms with E-state index in [9.17, 15) is 9.59 Å². The fraction of sp³-hybridized carbons (Fsp3) is 0.100. The lowest BCUT2D eigenvalue weighted by atomic mass is 10.2. The number of rotatable bonds is 5. The Morgan fingerprint density at radius 2 is 1.79 bits per heavy atom. The van der Waals surface area contributed by atoms with E-state index in [4.69, 9.17) is 16.3 Å². The van der Waals surface area contributed by atoms with Crippen molar-refractivity contribution in [3.63, 3.8) is 0 Å². The lowest BCUT2D eigenvalue weighted by molar-refractivity contribution is 0.0600. The molecule has 0 saturated carbocycles. The average Bonchev–Trinajstić information content (AvgIpc) is 2.69. The summed E-state index contributed by atoms with van der Waals surface area (Å²) in [4.78, 5) is 32.2. The number of aryl methyl sites for hydroxylation is 1. The van der Waals surface area contributed by atoms with Gasteiger partial charge in [-0.1, -0.05) is 23.7 Å². The molecule has 1 aromatic heterocycles. The van der Waals surface area contributed by atoms with E-state index in [0.717, 1.165) is 5.56 Å². The van der Waals surface area contributed by atoms with Crippen molar-refractivity contribution in [3.8, 4) is 0 Å². The maximum absolute atomic E-state index is 12.3. The molecule has 0 aliphatic heterocycles. The molecule has 2 N–H and O–H groups in total. The molecule has 0 atom stereocenters. The predicted octanol–water partition coefficient (Wildman–Crippen LogP) is 4.22. The van der Waals surface area contributed by atoms with E-state index >= 15 is 0 Å². The molecule has 1 heterocycles. The normalized spacial score (nSPS) is 10.2. The third-order valence-electron chi connectivity index (χ3n) is 3.82. The quantitative estimate of drug-likeness (QED) is 0.627. The molecule has 0 bridgehead atoms. The van der Waals surface area contributed by atoms with Gasteiger partial charge in [-0.25, -0.2) is 14.8 Å². The number of hydrogen-bond donors (Lipinski definition) is 2. The van der Waals surface area contributed by atoms with Crippen LogP contribution in [0.1, 0.15) is 26.3 Å². The molecule has 7 nitrogen and oxygen atoms in total. The molecular weight excluding hydrogens is 380 g/mol. The van der Waals surface area contributed by atoms with Gasteiger partial charge >= 0.3 is 5.97 Å². The zero-order valence-electron chi connectivity index (χ0n) is 15.2. The van der Waals surface area contributed by atoms with Crippen LogP contribution in [0.25, 0.3) is 0 Å². The van der Waals surface area contributed by atoms with Gasteiger partial charge in [0, 0.05) is 18.1 Å². The van der Waals surface area contributed by atoms with Crippen LogP contribution >= 0.6 is 11.6 Å². The van der Waals surface area contributed by atoms with Gasteiger partial charge in [-0.3, -0.25) is 4.79 Å². The van der Waals surface area contributed by atoms with Crippen molar-refractivity contribution in [2.45, 2.75) is 6.92 Å². The summed E-state index contributed by atoms with van der Waals surface area (Å²) in [6.07, 6.45) is 2.80. The van der Waals surface area contributed by atoms with Gasteiger partial charge in [0.15, 0.2) is 0 Å². The summed E-state index contributed by atoms with van der Waals surface area (Å²) in [5.74, 6) is -0.567. The van der Waals surface area contributed by atoms with Crippen molar-refractivity contribution in [1.82, 2.24) is 9.97 Å². The first kappa shape index (κ1) is 19.3. The second-order valence-electron chi connectivity index (χ2n) is 5.93. The Balaban J connectivity index is 1.72. The summed E-state index contributed by atoms with van der Waals surface area (Å²) in [6.45, 7) is 1.94. The van der Waals surface area contributed by atoms with E-state index in [1.165, 1.54) is 25.6 Å². The van der Waals surface area contributed by atoms with Crippen LogP contribution < -0.4 is 10.6 Å². The van der Waals surface area contributed by atoms with Crippen molar-refractivity contribution >= 4 is 40.8 Å². The fourth-order valence-electron chi connectivity index (χ4n) is 2.42. The fourth-order valence-corrected chi connectivity index (χ4v) is 2.59.